The second-order valence-electron chi connectivity index (χ2n) is 4.62. The number of carbonyl (C=O) groups is 2. The van der Waals surface area contributed by atoms with Crippen molar-refractivity contribution in [2.45, 2.75) is 32.2 Å². The molecule has 0 saturated heterocycles. The monoisotopic (exact) mass is 268 g/mol. The molecular weight excluding hydrogens is 248 g/mol. The number of amides is 1. The fourth-order valence-corrected chi connectivity index (χ4v) is 1.58. The van der Waals surface area contributed by atoms with Crippen LogP contribution in [0.2, 0.25) is 0 Å². The summed E-state index contributed by atoms with van der Waals surface area (Å²) in [5.74, 6) is -1.08. The number of H-pyrrole nitrogens is 1. The molecule has 0 spiro atoms. The molecule has 7 heteroatoms. The van der Waals surface area contributed by atoms with Crippen molar-refractivity contribution >= 4 is 11.9 Å². The maximum Gasteiger partial charge on any atom is 0.326 e. The van der Waals surface area contributed by atoms with Crippen LogP contribution in [0.25, 0.3) is 0 Å². The number of aliphatic carboxylic acids is 1. The van der Waals surface area contributed by atoms with Gasteiger partial charge < -0.3 is 21.1 Å². The van der Waals surface area contributed by atoms with Gasteiger partial charge in [0.15, 0.2) is 0 Å². The molecule has 2 atom stereocenters. The van der Waals surface area contributed by atoms with E-state index < -0.39 is 12.0 Å². The molecule has 1 amide bonds. The Bertz CT molecular complexity index is 405. The molecule has 106 valence electrons. The fourth-order valence-electron chi connectivity index (χ4n) is 1.58. The van der Waals surface area contributed by atoms with E-state index in [9.17, 15) is 9.59 Å². The molecule has 0 fully saturated rings. The number of hydrogen-bond donors (Lipinski definition) is 4. The highest BCUT2D eigenvalue weighted by atomic mass is 16.4. The summed E-state index contributed by atoms with van der Waals surface area (Å²) < 4.78 is 0. The lowest BCUT2D eigenvalue weighted by atomic mass is 10.1. The van der Waals surface area contributed by atoms with E-state index in [1.54, 1.807) is 6.20 Å². The third kappa shape index (κ3) is 5.52. The van der Waals surface area contributed by atoms with Gasteiger partial charge in [-0.15, -0.1) is 0 Å². The molecule has 1 aromatic heterocycles. The van der Waals surface area contributed by atoms with Crippen molar-refractivity contribution in [1.82, 2.24) is 15.3 Å². The maximum absolute atomic E-state index is 11.7. The second kappa shape index (κ2) is 7.52. The van der Waals surface area contributed by atoms with E-state index >= 15 is 0 Å². The molecular formula is C12H20N4O3. The highest BCUT2D eigenvalue weighted by Crippen LogP contribution is 2.04. The molecule has 7 nitrogen and oxygen atoms in total. The smallest absolute Gasteiger partial charge is 0.326 e. The summed E-state index contributed by atoms with van der Waals surface area (Å²) in [4.78, 5) is 29.4. The van der Waals surface area contributed by atoms with Crippen molar-refractivity contribution in [3.63, 3.8) is 0 Å². The minimum atomic E-state index is -1.06. The Morgan fingerprint density at radius 1 is 1.58 bits per heavy atom. The third-order valence-electron chi connectivity index (χ3n) is 2.88. The topological polar surface area (TPSA) is 121 Å². The molecule has 1 unspecified atom stereocenters. The van der Waals surface area contributed by atoms with Gasteiger partial charge in [0, 0.05) is 24.7 Å². The average Bonchev–Trinajstić information content (AvgIpc) is 2.87. The summed E-state index contributed by atoms with van der Waals surface area (Å²) in [5.41, 5.74) is 6.13. The summed E-state index contributed by atoms with van der Waals surface area (Å²) in [6.45, 7) is 2.47. The van der Waals surface area contributed by atoms with Gasteiger partial charge in [0.2, 0.25) is 5.91 Å². The number of carbonyl (C=O) groups excluding carboxylic acids is 1. The Kier molecular flexibility index (Phi) is 6.01. The van der Waals surface area contributed by atoms with E-state index in [0.29, 0.717) is 18.7 Å². The Morgan fingerprint density at radius 3 is 2.84 bits per heavy atom. The predicted octanol–water partition coefficient (Wildman–Crippen LogP) is -0.103. The standard InChI is InChI=1S/C12H20N4O3/c1-8(5-13)2-3-11(17)16-10(12(18)19)4-9-6-14-7-15-9/h6-8,10H,2-5,13H2,1H3,(H,14,15)(H,16,17)(H,18,19)/t8?,10-/m0/s1. The van der Waals surface area contributed by atoms with Crippen molar-refractivity contribution < 1.29 is 14.7 Å². The number of carboxylic acid groups (broad SMARTS) is 1. The van der Waals surface area contributed by atoms with Crippen LogP contribution in [0, 0.1) is 5.92 Å². The molecule has 0 aromatic carbocycles. The van der Waals surface area contributed by atoms with Gasteiger partial charge in [-0.25, -0.2) is 9.78 Å². The summed E-state index contributed by atoms with van der Waals surface area (Å²) in [6, 6.07) is -0.943. The first-order valence-electron chi connectivity index (χ1n) is 6.22. The van der Waals surface area contributed by atoms with Crippen LogP contribution in [0.4, 0.5) is 0 Å². The second-order valence-corrected chi connectivity index (χ2v) is 4.62. The highest BCUT2D eigenvalue weighted by Gasteiger charge is 2.21. The van der Waals surface area contributed by atoms with Crippen molar-refractivity contribution in [3.8, 4) is 0 Å². The quantitative estimate of drug-likeness (QED) is 0.524. The van der Waals surface area contributed by atoms with Gasteiger partial charge in [-0.1, -0.05) is 6.92 Å². The molecule has 1 aromatic rings. The molecule has 5 N–H and O–H groups in total. The first-order valence-corrected chi connectivity index (χ1v) is 6.22. The Balaban J connectivity index is 2.45. The molecule has 19 heavy (non-hydrogen) atoms. The summed E-state index contributed by atoms with van der Waals surface area (Å²) in [6.07, 6.45) is 4.13. The van der Waals surface area contributed by atoms with Crippen molar-refractivity contribution in [1.29, 1.82) is 0 Å². The Hall–Kier alpha value is -1.89. The number of rotatable bonds is 8. The van der Waals surface area contributed by atoms with Crippen LogP contribution in [0.1, 0.15) is 25.5 Å². The van der Waals surface area contributed by atoms with E-state index in [-0.39, 0.29) is 24.7 Å². The van der Waals surface area contributed by atoms with Crippen LogP contribution in [-0.4, -0.2) is 39.5 Å². The van der Waals surface area contributed by atoms with Crippen molar-refractivity contribution in [2.75, 3.05) is 6.54 Å². The van der Waals surface area contributed by atoms with E-state index in [4.69, 9.17) is 10.8 Å². The van der Waals surface area contributed by atoms with Gasteiger partial charge in [-0.3, -0.25) is 4.79 Å². The zero-order valence-electron chi connectivity index (χ0n) is 10.9. The van der Waals surface area contributed by atoms with E-state index in [1.807, 2.05) is 6.92 Å². The summed E-state index contributed by atoms with van der Waals surface area (Å²) in [5, 5.41) is 11.6. The van der Waals surface area contributed by atoms with Gasteiger partial charge in [-0.05, 0) is 18.9 Å². The highest BCUT2D eigenvalue weighted by molar-refractivity contribution is 5.83. The first-order chi connectivity index (χ1) is 9.02. The lowest BCUT2D eigenvalue weighted by Gasteiger charge is -2.14. The van der Waals surface area contributed by atoms with Crippen molar-refractivity contribution in [2.24, 2.45) is 11.7 Å². The zero-order valence-corrected chi connectivity index (χ0v) is 10.9. The summed E-state index contributed by atoms with van der Waals surface area (Å²) >= 11 is 0. The number of nitrogens with two attached hydrogens (primary N) is 1. The molecule has 0 aliphatic heterocycles. The van der Waals surface area contributed by atoms with Crippen LogP contribution in [0.5, 0.6) is 0 Å². The average molecular weight is 268 g/mol. The third-order valence-corrected chi connectivity index (χ3v) is 2.88. The number of aromatic nitrogens is 2. The molecule has 1 heterocycles. The van der Waals surface area contributed by atoms with Crippen LogP contribution in [-0.2, 0) is 16.0 Å². The SMILES string of the molecule is CC(CN)CCC(=O)N[C@@H](Cc1cnc[nH]1)C(=O)O. The van der Waals surface area contributed by atoms with Crippen LogP contribution in [0.3, 0.4) is 0 Å². The molecule has 1 rings (SSSR count). The van der Waals surface area contributed by atoms with Gasteiger partial charge in [-0.2, -0.15) is 0 Å². The lowest BCUT2D eigenvalue weighted by Crippen LogP contribution is -2.42. The Labute approximate surface area is 111 Å². The van der Waals surface area contributed by atoms with E-state index in [0.717, 1.165) is 0 Å². The van der Waals surface area contributed by atoms with Gasteiger partial charge in [0.1, 0.15) is 6.04 Å². The van der Waals surface area contributed by atoms with Gasteiger partial charge in [0.05, 0.1) is 6.33 Å². The number of imidazole rings is 1. The molecule has 0 saturated carbocycles. The van der Waals surface area contributed by atoms with Crippen LogP contribution < -0.4 is 11.1 Å². The minimum Gasteiger partial charge on any atom is -0.480 e. The maximum atomic E-state index is 11.7. The molecule has 0 bridgehead atoms. The molecule has 0 radical (unpaired) electrons. The number of hydrogen-bond acceptors (Lipinski definition) is 4. The largest absolute Gasteiger partial charge is 0.480 e. The first kappa shape index (κ1) is 15.2. The Morgan fingerprint density at radius 2 is 2.32 bits per heavy atom. The van der Waals surface area contributed by atoms with Gasteiger partial charge >= 0.3 is 5.97 Å². The lowest BCUT2D eigenvalue weighted by molar-refractivity contribution is -0.141. The minimum absolute atomic E-state index is 0.188. The van der Waals surface area contributed by atoms with E-state index in [2.05, 4.69) is 15.3 Å². The number of nitrogens with zero attached hydrogens (tertiary/aromatic N) is 1. The molecule has 0 aliphatic carbocycles. The zero-order chi connectivity index (χ0) is 14.3. The normalized spacial score (nSPS) is 13.8. The van der Waals surface area contributed by atoms with Gasteiger partial charge in [0.25, 0.3) is 0 Å². The predicted molar refractivity (Wildman–Crippen MR) is 69.3 cm³/mol. The summed E-state index contributed by atoms with van der Waals surface area (Å²) in [7, 11) is 0. The number of carboxylic acids is 1. The number of nitrogens with one attached hydrogen (secondary N) is 2. The van der Waals surface area contributed by atoms with Crippen LogP contribution in [0.15, 0.2) is 12.5 Å². The molecule has 0 aliphatic rings. The fraction of sp³-hybridized carbons (Fsp3) is 0.583. The number of aromatic amines is 1. The van der Waals surface area contributed by atoms with Crippen molar-refractivity contribution in [3.05, 3.63) is 18.2 Å². The van der Waals surface area contributed by atoms with Crippen LogP contribution >= 0.6 is 0 Å². The van der Waals surface area contributed by atoms with E-state index in [1.165, 1.54) is 6.33 Å².